The van der Waals surface area contributed by atoms with Crippen molar-refractivity contribution in [2.24, 2.45) is 7.05 Å². The third-order valence-corrected chi connectivity index (χ3v) is 2.60. The van der Waals surface area contributed by atoms with Gasteiger partial charge >= 0.3 is 0 Å². The van der Waals surface area contributed by atoms with Crippen LogP contribution in [0.5, 0.6) is 0 Å². The van der Waals surface area contributed by atoms with Crippen molar-refractivity contribution in [1.29, 1.82) is 0 Å². The Hall–Kier alpha value is -2.16. The molecule has 3 heteroatoms. The van der Waals surface area contributed by atoms with E-state index >= 15 is 0 Å². The third kappa shape index (κ3) is 1.37. The van der Waals surface area contributed by atoms with Crippen molar-refractivity contribution in [2.45, 2.75) is 0 Å². The van der Waals surface area contributed by atoms with Crippen LogP contribution >= 0.6 is 0 Å². The SMILES string of the molecule is Cn1ccnc1-c1cc2ccccc2[c]n1. The fourth-order valence-corrected chi connectivity index (χ4v) is 1.75. The number of pyridine rings is 1. The molecular formula is C13H10N3. The zero-order chi connectivity index (χ0) is 11.0. The van der Waals surface area contributed by atoms with Crippen molar-refractivity contribution in [2.75, 3.05) is 0 Å². The second-order valence-corrected chi connectivity index (χ2v) is 3.70. The summed E-state index contributed by atoms with van der Waals surface area (Å²) in [7, 11) is 1.96. The van der Waals surface area contributed by atoms with E-state index in [0.29, 0.717) is 0 Å². The van der Waals surface area contributed by atoms with Gasteiger partial charge in [-0.2, -0.15) is 0 Å². The van der Waals surface area contributed by atoms with E-state index < -0.39 is 0 Å². The maximum absolute atomic E-state index is 4.30. The summed E-state index contributed by atoms with van der Waals surface area (Å²) in [5.74, 6) is 0.863. The van der Waals surface area contributed by atoms with Gasteiger partial charge in [-0.15, -0.1) is 0 Å². The summed E-state index contributed by atoms with van der Waals surface area (Å²) >= 11 is 0. The highest BCUT2D eigenvalue weighted by Gasteiger charge is 2.05. The quantitative estimate of drug-likeness (QED) is 0.615. The van der Waals surface area contributed by atoms with Gasteiger partial charge < -0.3 is 4.57 Å². The van der Waals surface area contributed by atoms with Crippen LogP contribution < -0.4 is 0 Å². The molecule has 1 radical (unpaired) electrons. The van der Waals surface area contributed by atoms with Crippen molar-refractivity contribution >= 4 is 10.8 Å². The molecule has 0 saturated heterocycles. The first-order chi connectivity index (χ1) is 7.84. The lowest BCUT2D eigenvalue weighted by Crippen LogP contribution is -1.93. The molecule has 77 valence electrons. The van der Waals surface area contributed by atoms with Crippen LogP contribution in [0.1, 0.15) is 0 Å². The number of aromatic nitrogens is 3. The lowest BCUT2D eigenvalue weighted by atomic mass is 10.1. The molecule has 2 aromatic heterocycles. The number of nitrogens with zero attached hydrogens (tertiary/aromatic N) is 3. The molecule has 0 saturated carbocycles. The lowest BCUT2D eigenvalue weighted by Gasteiger charge is -2.02. The Morgan fingerprint density at radius 2 is 2.12 bits per heavy atom. The first kappa shape index (κ1) is 9.09. The molecule has 0 unspecified atom stereocenters. The molecule has 0 aliphatic rings. The van der Waals surface area contributed by atoms with E-state index in [9.17, 15) is 0 Å². The zero-order valence-corrected chi connectivity index (χ0v) is 8.88. The van der Waals surface area contributed by atoms with E-state index in [1.807, 2.05) is 42.1 Å². The number of imidazole rings is 1. The average Bonchev–Trinajstić information content (AvgIpc) is 2.75. The summed E-state index contributed by atoms with van der Waals surface area (Å²) in [6.45, 7) is 0. The van der Waals surface area contributed by atoms with Crippen LogP contribution in [0, 0.1) is 6.20 Å². The zero-order valence-electron chi connectivity index (χ0n) is 8.88. The van der Waals surface area contributed by atoms with Gasteiger partial charge in [0.2, 0.25) is 0 Å². The van der Waals surface area contributed by atoms with Crippen LogP contribution in [0.15, 0.2) is 42.7 Å². The molecule has 3 nitrogen and oxygen atoms in total. The van der Waals surface area contributed by atoms with Crippen LogP contribution in [0.2, 0.25) is 0 Å². The summed E-state index contributed by atoms with van der Waals surface area (Å²) in [6.07, 6.45) is 6.71. The van der Waals surface area contributed by atoms with Crippen molar-refractivity contribution in [1.82, 2.24) is 14.5 Å². The lowest BCUT2D eigenvalue weighted by molar-refractivity contribution is 0.918. The van der Waals surface area contributed by atoms with Crippen LogP contribution in [-0.4, -0.2) is 14.5 Å². The highest BCUT2D eigenvalue weighted by molar-refractivity contribution is 5.83. The second kappa shape index (κ2) is 3.45. The predicted octanol–water partition coefficient (Wildman–Crippen LogP) is 2.44. The summed E-state index contributed by atoms with van der Waals surface area (Å²) in [5.41, 5.74) is 0.853. The van der Waals surface area contributed by atoms with E-state index in [-0.39, 0.29) is 0 Å². The highest BCUT2D eigenvalue weighted by atomic mass is 15.0. The van der Waals surface area contributed by atoms with Crippen LogP contribution in [-0.2, 0) is 7.05 Å². The molecule has 2 heterocycles. The van der Waals surface area contributed by atoms with Gasteiger partial charge in [0, 0.05) is 24.8 Å². The second-order valence-electron chi connectivity index (χ2n) is 3.70. The summed E-state index contributed by atoms with van der Waals surface area (Å²) in [6, 6.07) is 10.1. The van der Waals surface area contributed by atoms with Crippen LogP contribution in [0.4, 0.5) is 0 Å². The van der Waals surface area contributed by atoms with Gasteiger partial charge in [-0.25, -0.2) is 9.97 Å². The van der Waals surface area contributed by atoms with E-state index in [1.165, 1.54) is 0 Å². The minimum absolute atomic E-state index is 0.853. The van der Waals surface area contributed by atoms with Crippen molar-refractivity contribution in [3.05, 3.63) is 48.9 Å². The minimum Gasteiger partial charge on any atom is -0.333 e. The molecule has 16 heavy (non-hydrogen) atoms. The standard InChI is InChI=1S/C13H10N3/c1-16-7-6-14-13(16)12-8-10-4-2-3-5-11(10)9-15-12/h2-8H,1H3. The Morgan fingerprint density at radius 3 is 2.94 bits per heavy atom. The number of aryl methyl sites for hydroxylation is 1. The van der Waals surface area contributed by atoms with Gasteiger partial charge in [0.05, 0.1) is 6.20 Å². The number of rotatable bonds is 1. The third-order valence-electron chi connectivity index (χ3n) is 2.60. The minimum atomic E-state index is 0.853. The van der Waals surface area contributed by atoms with Gasteiger partial charge in [-0.3, -0.25) is 0 Å². The molecule has 0 aliphatic heterocycles. The van der Waals surface area contributed by atoms with Gasteiger partial charge in [0.1, 0.15) is 5.69 Å². The van der Waals surface area contributed by atoms with Gasteiger partial charge in [-0.05, 0) is 11.5 Å². The fraction of sp³-hybridized carbons (Fsp3) is 0.0769. The van der Waals surface area contributed by atoms with Crippen LogP contribution in [0.25, 0.3) is 22.3 Å². The number of benzene rings is 1. The molecule has 3 aromatic rings. The molecule has 0 atom stereocenters. The monoisotopic (exact) mass is 208 g/mol. The molecule has 0 aliphatic carbocycles. The summed E-state index contributed by atoms with van der Waals surface area (Å²) in [4.78, 5) is 8.58. The molecule has 0 bridgehead atoms. The van der Waals surface area contributed by atoms with E-state index in [1.54, 1.807) is 6.20 Å². The normalized spacial score (nSPS) is 10.8. The Bertz CT molecular complexity index is 640. The predicted molar refractivity (Wildman–Crippen MR) is 62.8 cm³/mol. The average molecular weight is 208 g/mol. The highest BCUT2D eigenvalue weighted by Crippen LogP contribution is 2.19. The van der Waals surface area contributed by atoms with Gasteiger partial charge in [0.25, 0.3) is 0 Å². The molecule has 3 rings (SSSR count). The Morgan fingerprint density at radius 1 is 1.25 bits per heavy atom. The molecular weight excluding hydrogens is 198 g/mol. The van der Waals surface area contributed by atoms with Crippen molar-refractivity contribution in [3.63, 3.8) is 0 Å². The van der Waals surface area contributed by atoms with E-state index in [4.69, 9.17) is 0 Å². The smallest absolute Gasteiger partial charge is 0.158 e. The van der Waals surface area contributed by atoms with E-state index in [2.05, 4.69) is 22.2 Å². The largest absolute Gasteiger partial charge is 0.333 e. The van der Waals surface area contributed by atoms with Crippen molar-refractivity contribution in [3.8, 4) is 11.5 Å². The van der Waals surface area contributed by atoms with E-state index in [0.717, 1.165) is 22.3 Å². The fourth-order valence-electron chi connectivity index (χ4n) is 1.75. The maximum atomic E-state index is 4.30. The molecule has 0 N–H and O–H groups in total. The van der Waals surface area contributed by atoms with Crippen LogP contribution in [0.3, 0.4) is 0 Å². The summed E-state index contributed by atoms with van der Waals surface area (Å²) < 4.78 is 1.95. The molecule has 0 spiro atoms. The molecule has 0 fully saturated rings. The molecule has 1 aromatic carbocycles. The maximum Gasteiger partial charge on any atom is 0.158 e. The van der Waals surface area contributed by atoms with Gasteiger partial charge in [-0.1, -0.05) is 24.3 Å². The summed E-state index contributed by atoms with van der Waals surface area (Å²) in [5, 5.41) is 2.16. The van der Waals surface area contributed by atoms with Gasteiger partial charge in [0.15, 0.2) is 5.82 Å². The number of hydrogen-bond donors (Lipinski definition) is 0. The Kier molecular flexibility index (Phi) is 1.96. The first-order valence-corrected chi connectivity index (χ1v) is 5.10. The first-order valence-electron chi connectivity index (χ1n) is 5.10. The number of hydrogen-bond acceptors (Lipinski definition) is 2. The topological polar surface area (TPSA) is 30.7 Å². The molecule has 0 amide bonds. The number of fused-ring (bicyclic) bond motifs is 1. The Labute approximate surface area is 93.4 Å². The van der Waals surface area contributed by atoms with Crippen molar-refractivity contribution < 1.29 is 0 Å². The Balaban J connectivity index is 2.23.